The zero-order chi connectivity index (χ0) is 12.5. The quantitative estimate of drug-likeness (QED) is 0.847. The fourth-order valence-corrected chi connectivity index (χ4v) is 2.50. The highest BCUT2D eigenvalue weighted by atomic mass is 16.3. The van der Waals surface area contributed by atoms with Crippen molar-refractivity contribution in [1.82, 2.24) is 4.90 Å². The number of nitrogens with zero attached hydrogens (tertiary/aromatic N) is 1. The van der Waals surface area contributed by atoms with Gasteiger partial charge in [-0.15, -0.1) is 0 Å². The average molecular weight is 233 g/mol. The van der Waals surface area contributed by atoms with Gasteiger partial charge < -0.3 is 10.0 Å². The third-order valence-electron chi connectivity index (χ3n) is 4.02. The Morgan fingerprint density at radius 1 is 1.18 bits per heavy atom. The Morgan fingerprint density at radius 2 is 1.82 bits per heavy atom. The fraction of sp³-hybridized carbons (Fsp3) is 0.600. The summed E-state index contributed by atoms with van der Waals surface area (Å²) in [5.74, 6) is 0. The van der Waals surface area contributed by atoms with E-state index in [2.05, 4.69) is 44.0 Å². The minimum atomic E-state index is -0.492. The van der Waals surface area contributed by atoms with Crippen molar-refractivity contribution in [3.63, 3.8) is 0 Å². The molecule has 0 bridgehead atoms. The molecule has 1 aliphatic rings. The van der Waals surface area contributed by atoms with Crippen LogP contribution in [0.3, 0.4) is 0 Å². The average Bonchev–Trinajstić information content (AvgIpc) is 2.28. The van der Waals surface area contributed by atoms with Crippen molar-refractivity contribution in [2.75, 3.05) is 20.1 Å². The highest BCUT2D eigenvalue weighted by Gasteiger charge is 2.31. The van der Waals surface area contributed by atoms with Gasteiger partial charge in [0.05, 0.1) is 5.60 Å². The number of benzene rings is 1. The van der Waals surface area contributed by atoms with Gasteiger partial charge in [0.25, 0.3) is 0 Å². The Morgan fingerprint density at radius 3 is 2.41 bits per heavy atom. The highest BCUT2D eigenvalue weighted by molar-refractivity contribution is 5.30. The summed E-state index contributed by atoms with van der Waals surface area (Å²) < 4.78 is 0. The fourth-order valence-electron chi connectivity index (χ4n) is 2.50. The van der Waals surface area contributed by atoms with Crippen LogP contribution < -0.4 is 0 Å². The first kappa shape index (κ1) is 12.6. The van der Waals surface area contributed by atoms with E-state index in [0.29, 0.717) is 0 Å². The summed E-state index contributed by atoms with van der Waals surface area (Å²) >= 11 is 0. The van der Waals surface area contributed by atoms with Crippen molar-refractivity contribution in [2.24, 2.45) is 0 Å². The van der Waals surface area contributed by atoms with Crippen LogP contribution in [0.15, 0.2) is 18.2 Å². The molecule has 94 valence electrons. The van der Waals surface area contributed by atoms with Crippen LogP contribution in [-0.2, 0) is 6.42 Å². The first-order chi connectivity index (χ1) is 7.98. The van der Waals surface area contributed by atoms with Gasteiger partial charge in [-0.05, 0) is 50.4 Å². The Kier molecular flexibility index (Phi) is 3.55. The van der Waals surface area contributed by atoms with Crippen LogP contribution in [0.2, 0.25) is 0 Å². The molecule has 0 aliphatic carbocycles. The summed E-state index contributed by atoms with van der Waals surface area (Å²) in [5, 5.41) is 10.6. The van der Waals surface area contributed by atoms with Crippen molar-refractivity contribution in [3.8, 4) is 0 Å². The van der Waals surface area contributed by atoms with E-state index in [9.17, 15) is 5.11 Å². The lowest BCUT2D eigenvalue weighted by atomic mass is 9.85. The van der Waals surface area contributed by atoms with Gasteiger partial charge in [-0.25, -0.2) is 0 Å². The van der Waals surface area contributed by atoms with Crippen molar-refractivity contribution in [2.45, 2.75) is 38.7 Å². The van der Waals surface area contributed by atoms with Crippen LogP contribution in [0.4, 0.5) is 0 Å². The van der Waals surface area contributed by atoms with Crippen LogP contribution in [0, 0.1) is 13.8 Å². The molecule has 0 unspecified atom stereocenters. The van der Waals surface area contributed by atoms with Crippen molar-refractivity contribution < 1.29 is 5.11 Å². The smallest absolute Gasteiger partial charge is 0.0712 e. The highest BCUT2D eigenvalue weighted by Crippen LogP contribution is 2.26. The van der Waals surface area contributed by atoms with Gasteiger partial charge in [0, 0.05) is 19.5 Å². The van der Waals surface area contributed by atoms with E-state index in [1.54, 1.807) is 0 Å². The predicted molar refractivity (Wildman–Crippen MR) is 71.3 cm³/mol. The number of likely N-dealkylation sites (tertiary alicyclic amines) is 1. The number of hydrogen-bond acceptors (Lipinski definition) is 2. The molecule has 1 N–H and O–H groups in total. The molecule has 0 spiro atoms. The normalized spacial score (nSPS) is 20.5. The van der Waals surface area contributed by atoms with Gasteiger partial charge in [-0.1, -0.05) is 18.2 Å². The third-order valence-corrected chi connectivity index (χ3v) is 4.02. The Labute approximate surface area is 104 Å². The first-order valence-electron chi connectivity index (χ1n) is 6.46. The summed E-state index contributed by atoms with van der Waals surface area (Å²) in [5.41, 5.74) is 3.41. The van der Waals surface area contributed by atoms with Gasteiger partial charge in [0.1, 0.15) is 0 Å². The van der Waals surface area contributed by atoms with E-state index >= 15 is 0 Å². The Balaban J connectivity index is 2.07. The second-order valence-electron chi connectivity index (χ2n) is 5.62. The second-order valence-corrected chi connectivity index (χ2v) is 5.62. The molecule has 1 heterocycles. The SMILES string of the molecule is Cc1ccc(CC2(O)CCN(C)CC2)cc1C. The standard InChI is InChI=1S/C15H23NO/c1-12-4-5-14(10-13(12)2)11-15(17)6-8-16(3)9-7-15/h4-5,10,17H,6-9,11H2,1-3H3. The van der Waals surface area contributed by atoms with Crippen LogP contribution in [0.1, 0.15) is 29.5 Å². The molecule has 0 radical (unpaired) electrons. The number of rotatable bonds is 2. The molecule has 0 saturated carbocycles. The zero-order valence-electron chi connectivity index (χ0n) is 11.2. The number of piperidine rings is 1. The summed E-state index contributed by atoms with van der Waals surface area (Å²) in [7, 11) is 2.12. The van der Waals surface area contributed by atoms with Crippen molar-refractivity contribution >= 4 is 0 Å². The molecule has 0 amide bonds. The molecule has 1 aromatic rings. The minimum absolute atomic E-state index is 0.492. The van der Waals surface area contributed by atoms with Crippen LogP contribution in [0.25, 0.3) is 0 Å². The van der Waals surface area contributed by atoms with Gasteiger partial charge in [0.2, 0.25) is 0 Å². The molecular formula is C15H23NO. The molecule has 1 saturated heterocycles. The molecule has 1 aromatic carbocycles. The lowest BCUT2D eigenvalue weighted by Crippen LogP contribution is -2.44. The number of aliphatic hydroxyl groups is 1. The maximum atomic E-state index is 10.6. The predicted octanol–water partition coefficient (Wildman–Crippen LogP) is 2.30. The Bertz CT molecular complexity index is 392. The minimum Gasteiger partial charge on any atom is -0.389 e. The number of hydrogen-bond donors (Lipinski definition) is 1. The molecule has 1 aliphatic heterocycles. The molecule has 0 atom stereocenters. The molecule has 2 rings (SSSR count). The molecule has 2 heteroatoms. The third kappa shape index (κ3) is 3.08. The van der Waals surface area contributed by atoms with E-state index in [4.69, 9.17) is 0 Å². The summed E-state index contributed by atoms with van der Waals surface area (Å²) in [6, 6.07) is 6.52. The van der Waals surface area contributed by atoms with Gasteiger partial charge in [-0.3, -0.25) is 0 Å². The first-order valence-corrected chi connectivity index (χ1v) is 6.46. The monoisotopic (exact) mass is 233 g/mol. The zero-order valence-corrected chi connectivity index (χ0v) is 11.2. The van der Waals surface area contributed by atoms with E-state index in [1.165, 1.54) is 16.7 Å². The lowest BCUT2D eigenvalue weighted by molar-refractivity contribution is -0.0150. The van der Waals surface area contributed by atoms with Crippen molar-refractivity contribution in [3.05, 3.63) is 34.9 Å². The van der Waals surface area contributed by atoms with Gasteiger partial charge in [-0.2, -0.15) is 0 Å². The van der Waals surface area contributed by atoms with Crippen LogP contribution in [-0.4, -0.2) is 35.7 Å². The largest absolute Gasteiger partial charge is 0.389 e. The lowest BCUT2D eigenvalue weighted by Gasteiger charge is -2.36. The van der Waals surface area contributed by atoms with Gasteiger partial charge in [0.15, 0.2) is 0 Å². The maximum Gasteiger partial charge on any atom is 0.0712 e. The molecule has 17 heavy (non-hydrogen) atoms. The van der Waals surface area contributed by atoms with E-state index in [0.717, 1.165) is 32.4 Å². The molecular weight excluding hydrogens is 210 g/mol. The summed E-state index contributed by atoms with van der Waals surface area (Å²) in [6.07, 6.45) is 2.56. The van der Waals surface area contributed by atoms with E-state index in [1.807, 2.05) is 0 Å². The van der Waals surface area contributed by atoms with E-state index in [-0.39, 0.29) is 0 Å². The maximum absolute atomic E-state index is 10.6. The van der Waals surface area contributed by atoms with Crippen LogP contribution in [0.5, 0.6) is 0 Å². The molecule has 0 aromatic heterocycles. The summed E-state index contributed by atoms with van der Waals surface area (Å²) in [4.78, 5) is 2.29. The van der Waals surface area contributed by atoms with Crippen LogP contribution >= 0.6 is 0 Å². The van der Waals surface area contributed by atoms with Crippen molar-refractivity contribution in [1.29, 1.82) is 0 Å². The Hall–Kier alpha value is -0.860. The molecule has 1 fully saturated rings. The topological polar surface area (TPSA) is 23.5 Å². The second kappa shape index (κ2) is 4.79. The van der Waals surface area contributed by atoms with Gasteiger partial charge >= 0.3 is 0 Å². The van der Waals surface area contributed by atoms with E-state index < -0.39 is 5.60 Å². The summed E-state index contributed by atoms with van der Waals surface area (Å²) in [6.45, 7) is 6.27. The number of aryl methyl sites for hydroxylation is 2. The molecule has 2 nitrogen and oxygen atoms in total.